The summed E-state index contributed by atoms with van der Waals surface area (Å²) in [6, 6.07) is 20.0. The van der Waals surface area contributed by atoms with Crippen LogP contribution in [0.25, 0.3) is 11.3 Å². The van der Waals surface area contributed by atoms with Gasteiger partial charge in [0.05, 0.1) is 17.8 Å². The molecule has 0 amide bonds. The number of aliphatic hydroxyl groups excluding tert-OH is 1. The molecule has 7 nitrogen and oxygen atoms in total. The Morgan fingerprint density at radius 2 is 1.90 bits per heavy atom. The third kappa shape index (κ3) is 5.58. The van der Waals surface area contributed by atoms with Gasteiger partial charge in [0, 0.05) is 31.3 Å². The topological polar surface area (TPSA) is 91.3 Å². The molecule has 1 unspecified atom stereocenters. The van der Waals surface area contributed by atoms with E-state index in [1.807, 2.05) is 55.6 Å². The number of nitrogens with one attached hydrogen (secondary N) is 3. The standard InChI is InChI=1S/C24H29N5O2/c1-25-13-12-23(18-5-3-2-4-6-18)31-19-9-7-17(8-10-19)20-11-14-27-24(28-20)29-21-15-26-16-22(21)30/h2-11,14,21-23,25-26,30H,12-13,15-16H2,1H3,(H,27,28,29)/t21-,22-,23?/m1/s1. The van der Waals surface area contributed by atoms with Crippen LogP contribution in [0.2, 0.25) is 0 Å². The Morgan fingerprint density at radius 1 is 1.10 bits per heavy atom. The lowest BCUT2D eigenvalue weighted by molar-refractivity contribution is 0.185. The van der Waals surface area contributed by atoms with Crippen molar-refractivity contribution in [3.05, 3.63) is 72.4 Å². The molecule has 1 aliphatic heterocycles. The molecule has 3 atom stereocenters. The number of anilines is 1. The summed E-state index contributed by atoms with van der Waals surface area (Å²) in [5.74, 6) is 1.34. The molecule has 3 aromatic rings. The number of benzene rings is 2. The van der Waals surface area contributed by atoms with Gasteiger partial charge < -0.3 is 25.8 Å². The average Bonchev–Trinajstić information content (AvgIpc) is 3.22. The molecule has 31 heavy (non-hydrogen) atoms. The molecule has 0 aliphatic carbocycles. The molecule has 1 aliphatic rings. The molecule has 1 saturated heterocycles. The highest BCUT2D eigenvalue weighted by Gasteiger charge is 2.25. The molecule has 4 rings (SSSR count). The average molecular weight is 420 g/mol. The first-order chi connectivity index (χ1) is 15.2. The summed E-state index contributed by atoms with van der Waals surface area (Å²) in [5, 5.41) is 19.5. The lowest BCUT2D eigenvalue weighted by Crippen LogP contribution is -2.32. The third-order valence-corrected chi connectivity index (χ3v) is 5.41. The Labute approximate surface area is 182 Å². The van der Waals surface area contributed by atoms with E-state index in [2.05, 4.69) is 38.1 Å². The molecule has 4 N–H and O–H groups in total. The summed E-state index contributed by atoms with van der Waals surface area (Å²) < 4.78 is 6.30. The zero-order valence-corrected chi connectivity index (χ0v) is 17.7. The Hall–Kier alpha value is -3.00. The minimum atomic E-state index is -0.441. The van der Waals surface area contributed by atoms with E-state index in [1.54, 1.807) is 6.20 Å². The molecule has 1 aromatic heterocycles. The molecule has 0 radical (unpaired) electrons. The maximum absolute atomic E-state index is 9.98. The van der Waals surface area contributed by atoms with Crippen LogP contribution in [-0.4, -0.2) is 53.9 Å². The van der Waals surface area contributed by atoms with Gasteiger partial charge in [0.25, 0.3) is 0 Å². The molecular formula is C24H29N5O2. The van der Waals surface area contributed by atoms with Crippen molar-refractivity contribution < 1.29 is 9.84 Å². The first kappa shape index (κ1) is 21.2. The molecule has 1 fully saturated rings. The van der Waals surface area contributed by atoms with E-state index in [4.69, 9.17) is 4.74 Å². The van der Waals surface area contributed by atoms with E-state index in [9.17, 15) is 5.11 Å². The molecule has 2 heterocycles. The number of nitrogens with zero attached hydrogens (tertiary/aromatic N) is 2. The van der Waals surface area contributed by atoms with Crippen molar-refractivity contribution in [2.45, 2.75) is 24.7 Å². The van der Waals surface area contributed by atoms with E-state index in [0.29, 0.717) is 19.0 Å². The summed E-state index contributed by atoms with van der Waals surface area (Å²) in [4.78, 5) is 8.90. The van der Waals surface area contributed by atoms with Gasteiger partial charge in [-0.1, -0.05) is 30.3 Å². The van der Waals surface area contributed by atoms with Crippen LogP contribution in [0.5, 0.6) is 5.75 Å². The fourth-order valence-corrected chi connectivity index (χ4v) is 3.67. The van der Waals surface area contributed by atoms with Crippen LogP contribution < -0.4 is 20.7 Å². The van der Waals surface area contributed by atoms with Crippen molar-refractivity contribution in [2.24, 2.45) is 0 Å². The Balaban J connectivity index is 1.45. The summed E-state index contributed by atoms with van der Waals surface area (Å²) >= 11 is 0. The summed E-state index contributed by atoms with van der Waals surface area (Å²) in [6.07, 6.45) is 2.16. The second-order valence-corrected chi connectivity index (χ2v) is 7.68. The number of hydrogen-bond donors (Lipinski definition) is 4. The number of ether oxygens (including phenoxy) is 1. The van der Waals surface area contributed by atoms with E-state index in [1.165, 1.54) is 0 Å². The van der Waals surface area contributed by atoms with Gasteiger partial charge in [-0.25, -0.2) is 9.97 Å². The second kappa shape index (κ2) is 10.3. The first-order valence-electron chi connectivity index (χ1n) is 10.7. The molecule has 0 spiro atoms. The zero-order chi connectivity index (χ0) is 21.5. The smallest absolute Gasteiger partial charge is 0.223 e. The van der Waals surface area contributed by atoms with Gasteiger partial charge in [-0.05, 0) is 49.5 Å². The van der Waals surface area contributed by atoms with Crippen LogP contribution >= 0.6 is 0 Å². The minimum absolute atomic E-state index is 0.0131. The number of β-amino-alcohol motifs (C(OH)–C–C–N with tert-alkyl or cyclic N) is 1. The highest BCUT2D eigenvalue weighted by atomic mass is 16.5. The molecule has 0 bridgehead atoms. The second-order valence-electron chi connectivity index (χ2n) is 7.68. The maximum atomic E-state index is 9.98. The normalized spacial score (nSPS) is 19.2. The predicted octanol–water partition coefficient (Wildman–Crippen LogP) is 2.62. The lowest BCUT2D eigenvalue weighted by atomic mass is 10.1. The largest absolute Gasteiger partial charge is 0.486 e. The highest BCUT2D eigenvalue weighted by molar-refractivity contribution is 5.61. The number of rotatable bonds is 9. The van der Waals surface area contributed by atoms with Crippen LogP contribution in [0.1, 0.15) is 18.1 Å². The van der Waals surface area contributed by atoms with Gasteiger partial charge in [0.1, 0.15) is 11.9 Å². The van der Waals surface area contributed by atoms with E-state index >= 15 is 0 Å². The Morgan fingerprint density at radius 3 is 2.61 bits per heavy atom. The number of aromatic nitrogens is 2. The van der Waals surface area contributed by atoms with Crippen LogP contribution in [0.3, 0.4) is 0 Å². The van der Waals surface area contributed by atoms with E-state index in [0.717, 1.165) is 35.5 Å². The van der Waals surface area contributed by atoms with Crippen LogP contribution in [-0.2, 0) is 0 Å². The molecule has 0 saturated carbocycles. The maximum Gasteiger partial charge on any atom is 0.223 e. The van der Waals surface area contributed by atoms with Crippen molar-refractivity contribution in [2.75, 3.05) is 32.0 Å². The lowest BCUT2D eigenvalue weighted by Gasteiger charge is -2.20. The van der Waals surface area contributed by atoms with Gasteiger partial charge in [0.15, 0.2) is 0 Å². The predicted molar refractivity (Wildman–Crippen MR) is 122 cm³/mol. The minimum Gasteiger partial charge on any atom is -0.486 e. The third-order valence-electron chi connectivity index (χ3n) is 5.41. The summed E-state index contributed by atoms with van der Waals surface area (Å²) in [5.41, 5.74) is 2.96. The van der Waals surface area contributed by atoms with Crippen LogP contribution in [0.4, 0.5) is 5.95 Å². The van der Waals surface area contributed by atoms with E-state index < -0.39 is 6.10 Å². The van der Waals surface area contributed by atoms with Gasteiger partial charge >= 0.3 is 0 Å². The van der Waals surface area contributed by atoms with Crippen molar-refractivity contribution in [1.29, 1.82) is 0 Å². The number of aliphatic hydroxyl groups is 1. The van der Waals surface area contributed by atoms with Crippen LogP contribution in [0, 0.1) is 0 Å². The van der Waals surface area contributed by atoms with Crippen molar-refractivity contribution in [3.63, 3.8) is 0 Å². The van der Waals surface area contributed by atoms with E-state index in [-0.39, 0.29) is 12.1 Å². The van der Waals surface area contributed by atoms with Crippen molar-refractivity contribution >= 4 is 5.95 Å². The van der Waals surface area contributed by atoms with Crippen molar-refractivity contribution in [1.82, 2.24) is 20.6 Å². The van der Waals surface area contributed by atoms with Gasteiger partial charge in [-0.15, -0.1) is 0 Å². The summed E-state index contributed by atoms with van der Waals surface area (Å²) in [6.45, 7) is 2.15. The first-order valence-corrected chi connectivity index (χ1v) is 10.7. The van der Waals surface area contributed by atoms with Gasteiger partial charge in [-0.3, -0.25) is 0 Å². The monoisotopic (exact) mass is 419 g/mol. The fraction of sp³-hybridized carbons (Fsp3) is 0.333. The quantitative estimate of drug-likeness (QED) is 0.424. The van der Waals surface area contributed by atoms with Gasteiger partial charge in [-0.2, -0.15) is 0 Å². The fourth-order valence-electron chi connectivity index (χ4n) is 3.67. The highest BCUT2D eigenvalue weighted by Crippen LogP contribution is 2.27. The Kier molecular flexibility index (Phi) is 7.09. The molecule has 162 valence electrons. The number of hydrogen-bond acceptors (Lipinski definition) is 7. The van der Waals surface area contributed by atoms with Crippen LogP contribution in [0.15, 0.2) is 66.9 Å². The van der Waals surface area contributed by atoms with Crippen molar-refractivity contribution in [3.8, 4) is 17.0 Å². The van der Waals surface area contributed by atoms with Gasteiger partial charge in [0.2, 0.25) is 5.95 Å². The molecular weight excluding hydrogens is 390 g/mol. The Bertz CT molecular complexity index is 952. The SMILES string of the molecule is CNCCC(Oc1ccc(-c2ccnc(N[C@@H]3CNC[C@H]3O)n2)cc1)c1ccccc1. The summed E-state index contributed by atoms with van der Waals surface area (Å²) in [7, 11) is 1.95. The zero-order valence-electron chi connectivity index (χ0n) is 17.7. The molecule has 7 heteroatoms. The molecule has 2 aromatic carbocycles.